The average molecular weight is 369 g/mol. The fourth-order valence-electron chi connectivity index (χ4n) is 3.46. The van der Waals surface area contributed by atoms with Crippen molar-refractivity contribution in [1.82, 2.24) is 19.7 Å². The molecule has 144 valence electrons. The maximum Gasteiger partial charge on any atom is 0.244 e. The van der Waals surface area contributed by atoms with E-state index in [4.69, 9.17) is 15.5 Å². The van der Waals surface area contributed by atoms with Crippen LogP contribution in [0.4, 0.5) is 0 Å². The van der Waals surface area contributed by atoms with Gasteiger partial charge in [-0.15, -0.1) is 0 Å². The molecule has 1 amide bonds. The summed E-state index contributed by atoms with van der Waals surface area (Å²) in [4.78, 5) is 19.2. The minimum Gasteiger partial charge on any atom is -0.378 e. The van der Waals surface area contributed by atoms with E-state index in [1.165, 1.54) is 12.8 Å². The van der Waals surface area contributed by atoms with Crippen LogP contribution in [-0.4, -0.2) is 51.9 Å². The van der Waals surface area contributed by atoms with Crippen molar-refractivity contribution in [2.24, 2.45) is 11.7 Å². The lowest BCUT2D eigenvalue weighted by Gasteiger charge is -2.27. The Morgan fingerprint density at radius 1 is 1.22 bits per heavy atom. The second-order valence-corrected chi connectivity index (χ2v) is 7.48. The minimum atomic E-state index is -0.287. The predicted octanol–water partition coefficient (Wildman–Crippen LogP) is 1.33. The summed E-state index contributed by atoms with van der Waals surface area (Å²) >= 11 is 0. The first-order valence-electron chi connectivity index (χ1n) is 9.77. The van der Waals surface area contributed by atoms with Gasteiger partial charge in [-0.1, -0.05) is 30.3 Å². The van der Waals surface area contributed by atoms with Crippen molar-refractivity contribution in [3.8, 4) is 0 Å². The van der Waals surface area contributed by atoms with Gasteiger partial charge in [-0.3, -0.25) is 4.79 Å². The molecule has 0 radical (unpaired) electrons. The lowest BCUT2D eigenvalue weighted by Crippen LogP contribution is -2.42. The molecular formula is C20H27N5O2. The van der Waals surface area contributed by atoms with Gasteiger partial charge in [0.1, 0.15) is 12.4 Å². The molecule has 4 rings (SSSR count). The summed E-state index contributed by atoms with van der Waals surface area (Å²) in [5.74, 6) is 2.25. The molecule has 0 spiro atoms. The van der Waals surface area contributed by atoms with Crippen molar-refractivity contribution >= 4 is 5.91 Å². The maximum absolute atomic E-state index is 12.7. The highest BCUT2D eigenvalue weighted by molar-refractivity contribution is 5.76. The highest BCUT2D eigenvalue weighted by Crippen LogP contribution is 2.32. The molecule has 1 atom stereocenters. The van der Waals surface area contributed by atoms with Crippen LogP contribution in [0, 0.1) is 5.92 Å². The Hall–Kier alpha value is -2.25. The number of benzene rings is 1. The Bertz CT molecular complexity index is 766. The minimum absolute atomic E-state index is 0.0503. The molecule has 2 fully saturated rings. The van der Waals surface area contributed by atoms with E-state index < -0.39 is 0 Å². The van der Waals surface area contributed by atoms with E-state index >= 15 is 0 Å². The van der Waals surface area contributed by atoms with Crippen LogP contribution < -0.4 is 5.73 Å². The van der Waals surface area contributed by atoms with Crippen molar-refractivity contribution in [1.29, 1.82) is 0 Å². The van der Waals surface area contributed by atoms with Crippen molar-refractivity contribution in [2.75, 3.05) is 26.3 Å². The second kappa shape index (κ2) is 8.19. The van der Waals surface area contributed by atoms with Gasteiger partial charge in [0.25, 0.3) is 0 Å². The molecule has 0 bridgehead atoms. The number of morpholine rings is 1. The molecule has 1 aliphatic carbocycles. The maximum atomic E-state index is 12.7. The van der Waals surface area contributed by atoms with E-state index in [2.05, 4.69) is 17.2 Å². The number of carbonyl (C=O) groups excluding carboxylic acids is 1. The van der Waals surface area contributed by atoms with Crippen molar-refractivity contribution in [2.45, 2.75) is 38.3 Å². The van der Waals surface area contributed by atoms with Gasteiger partial charge in [-0.05, 0) is 30.7 Å². The van der Waals surface area contributed by atoms with Crippen LogP contribution in [0.25, 0.3) is 0 Å². The number of rotatable bonds is 7. The number of amides is 1. The summed E-state index contributed by atoms with van der Waals surface area (Å²) in [6, 6.07) is 9.84. The molecule has 7 heteroatoms. The third-order valence-electron chi connectivity index (χ3n) is 5.19. The van der Waals surface area contributed by atoms with Crippen molar-refractivity contribution < 1.29 is 9.53 Å². The van der Waals surface area contributed by atoms with E-state index in [9.17, 15) is 4.79 Å². The summed E-state index contributed by atoms with van der Waals surface area (Å²) in [5.41, 5.74) is 7.63. The third kappa shape index (κ3) is 4.73. The Morgan fingerprint density at radius 3 is 2.67 bits per heavy atom. The van der Waals surface area contributed by atoms with E-state index in [1.807, 2.05) is 23.1 Å². The molecule has 1 aromatic heterocycles. The summed E-state index contributed by atoms with van der Waals surface area (Å²) in [6.45, 7) is 2.64. The molecule has 1 saturated heterocycles. The number of aromatic nitrogens is 3. The zero-order valence-corrected chi connectivity index (χ0v) is 15.6. The molecule has 1 aliphatic heterocycles. The molecule has 2 aliphatic rings. The van der Waals surface area contributed by atoms with Crippen LogP contribution in [0.15, 0.2) is 30.3 Å². The summed E-state index contributed by atoms with van der Waals surface area (Å²) in [5, 5.41) is 4.63. The first-order valence-corrected chi connectivity index (χ1v) is 9.77. The first kappa shape index (κ1) is 18.1. The van der Waals surface area contributed by atoms with E-state index in [1.54, 1.807) is 4.68 Å². The summed E-state index contributed by atoms with van der Waals surface area (Å²) in [6.07, 6.45) is 4.04. The smallest absolute Gasteiger partial charge is 0.244 e. The number of hydrogen-bond donors (Lipinski definition) is 1. The first-order chi connectivity index (χ1) is 13.2. The number of hydrogen-bond acceptors (Lipinski definition) is 5. The van der Waals surface area contributed by atoms with Gasteiger partial charge in [0.15, 0.2) is 5.82 Å². The largest absolute Gasteiger partial charge is 0.378 e. The predicted molar refractivity (Wildman–Crippen MR) is 101 cm³/mol. The van der Waals surface area contributed by atoms with Gasteiger partial charge in [0, 0.05) is 19.5 Å². The highest BCUT2D eigenvalue weighted by atomic mass is 16.5. The van der Waals surface area contributed by atoms with Crippen LogP contribution in [0.3, 0.4) is 0 Å². The fraction of sp³-hybridized carbons (Fsp3) is 0.550. The Balaban J connectivity index is 1.51. The second-order valence-electron chi connectivity index (χ2n) is 7.48. The Morgan fingerprint density at radius 2 is 1.96 bits per heavy atom. The standard InChI is InChI=1S/C20H27N5O2/c21-17(12-15-4-2-1-3-5-15)20-22-18(13-16-6-7-16)23-25(20)14-19(26)24-8-10-27-11-9-24/h1-5,16-17H,6-14,21H2. The van der Waals surface area contributed by atoms with Gasteiger partial charge in [0.05, 0.1) is 19.3 Å². The van der Waals surface area contributed by atoms with Gasteiger partial charge in [-0.2, -0.15) is 5.10 Å². The van der Waals surface area contributed by atoms with Gasteiger partial charge in [-0.25, -0.2) is 9.67 Å². The average Bonchev–Trinajstić information content (AvgIpc) is 3.42. The molecular weight excluding hydrogens is 342 g/mol. The van der Waals surface area contributed by atoms with Crippen LogP contribution in [-0.2, 0) is 28.9 Å². The molecule has 1 aromatic carbocycles. The summed E-state index contributed by atoms with van der Waals surface area (Å²) in [7, 11) is 0. The number of carbonyl (C=O) groups is 1. The van der Waals surface area contributed by atoms with Crippen molar-refractivity contribution in [3.63, 3.8) is 0 Å². The Kier molecular flexibility index (Phi) is 5.50. The molecule has 2 heterocycles. The number of ether oxygens (including phenoxy) is 1. The zero-order chi connectivity index (χ0) is 18.6. The van der Waals surface area contributed by atoms with Crippen LogP contribution >= 0.6 is 0 Å². The highest BCUT2D eigenvalue weighted by Gasteiger charge is 2.27. The normalized spacial score (nSPS) is 18.5. The van der Waals surface area contributed by atoms with Gasteiger partial charge < -0.3 is 15.4 Å². The Labute approximate surface area is 159 Å². The SMILES string of the molecule is NC(Cc1ccccc1)c1nc(CC2CC2)nn1CC(=O)N1CCOCC1. The zero-order valence-electron chi connectivity index (χ0n) is 15.6. The molecule has 27 heavy (non-hydrogen) atoms. The van der Waals surface area contributed by atoms with E-state index in [0.29, 0.717) is 44.5 Å². The topological polar surface area (TPSA) is 86.3 Å². The number of nitrogens with two attached hydrogens (primary N) is 1. The van der Waals surface area contributed by atoms with Crippen molar-refractivity contribution in [3.05, 3.63) is 47.5 Å². The van der Waals surface area contributed by atoms with Gasteiger partial charge >= 0.3 is 0 Å². The molecule has 2 N–H and O–H groups in total. The monoisotopic (exact) mass is 369 g/mol. The molecule has 1 unspecified atom stereocenters. The third-order valence-corrected chi connectivity index (χ3v) is 5.19. The summed E-state index contributed by atoms with van der Waals surface area (Å²) < 4.78 is 7.06. The van der Waals surface area contributed by atoms with E-state index in [0.717, 1.165) is 17.8 Å². The molecule has 7 nitrogen and oxygen atoms in total. The van der Waals surface area contributed by atoms with Crippen LogP contribution in [0.1, 0.15) is 36.1 Å². The number of nitrogens with zero attached hydrogens (tertiary/aromatic N) is 4. The fourth-order valence-corrected chi connectivity index (χ4v) is 3.46. The lowest BCUT2D eigenvalue weighted by molar-refractivity contribution is -0.136. The quantitative estimate of drug-likeness (QED) is 0.796. The molecule has 2 aromatic rings. The van der Waals surface area contributed by atoms with Crippen LogP contribution in [0.5, 0.6) is 0 Å². The molecule has 1 saturated carbocycles. The lowest BCUT2D eigenvalue weighted by atomic mass is 10.1. The van der Waals surface area contributed by atoms with Crippen LogP contribution in [0.2, 0.25) is 0 Å². The van der Waals surface area contributed by atoms with E-state index in [-0.39, 0.29) is 18.5 Å². The van der Waals surface area contributed by atoms with Gasteiger partial charge in [0.2, 0.25) is 5.91 Å².